The Morgan fingerprint density at radius 2 is 1.27 bits per heavy atom. The highest BCUT2D eigenvalue weighted by atomic mass is 16.3. The quantitative estimate of drug-likeness (QED) is 0.641. The summed E-state index contributed by atoms with van der Waals surface area (Å²) < 4.78 is 0. The van der Waals surface area contributed by atoms with Crippen molar-refractivity contribution in [2.24, 2.45) is 0 Å². The lowest BCUT2D eigenvalue weighted by molar-refractivity contribution is 0.474. The fraction of sp³-hybridized carbons (Fsp3) is 0.400. The third-order valence-corrected chi connectivity index (χ3v) is 4.25. The summed E-state index contributed by atoms with van der Waals surface area (Å²) in [6.07, 6.45) is 7.26. The molecule has 2 aromatic carbocycles. The molecule has 2 heteroatoms. The van der Waals surface area contributed by atoms with Gasteiger partial charge in [-0.2, -0.15) is 0 Å². The summed E-state index contributed by atoms with van der Waals surface area (Å²) in [6.45, 7) is 2.25. The van der Waals surface area contributed by atoms with E-state index < -0.39 is 0 Å². The van der Waals surface area contributed by atoms with E-state index in [2.05, 4.69) is 6.92 Å². The van der Waals surface area contributed by atoms with Crippen LogP contribution >= 0.6 is 0 Å². The molecule has 0 heterocycles. The maximum atomic E-state index is 9.31. The molecule has 0 saturated carbocycles. The average Bonchev–Trinajstić information content (AvgIpc) is 2.53. The summed E-state index contributed by atoms with van der Waals surface area (Å²) in [4.78, 5) is 0. The van der Waals surface area contributed by atoms with E-state index >= 15 is 0 Å². The standard InChI is InChI=1S/C20H26O2/c1-16(18-10-14-20(22)15-11-18)6-4-2-3-5-7-17-8-12-19(21)13-9-17/h8-16,21-22H,2-7H2,1H3. The molecule has 2 rings (SSSR count). The van der Waals surface area contributed by atoms with Crippen LogP contribution in [0.5, 0.6) is 11.5 Å². The highest BCUT2D eigenvalue weighted by molar-refractivity contribution is 5.28. The first-order chi connectivity index (χ1) is 10.6. The van der Waals surface area contributed by atoms with Crippen LogP contribution in [0.3, 0.4) is 0 Å². The van der Waals surface area contributed by atoms with Gasteiger partial charge in [0.05, 0.1) is 0 Å². The topological polar surface area (TPSA) is 40.5 Å². The molecule has 0 spiro atoms. The molecular formula is C20H26O2. The Hall–Kier alpha value is -1.96. The number of aryl methyl sites for hydroxylation is 1. The molecule has 0 amide bonds. The van der Waals surface area contributed by atoms with Crippen molar-refractivity contribution < 1.29 is 10.2 Å². The van der Waals surface area contributed by atoms with Crippen molar-refractivity contribution in [2.75, 3.05) is 0 Å². The Balaban J connectivity index is 1.59. The first kappa shape index (κ1) is 16.4. The molecule has 0 saturated heterocycles. The van der Waals surface area contributed by atoms with E-state index in [1.54, 1.807) is 24.3 Å². The first-order valence-electron chi connectivity index (χ1n) is 8.22. The maximum Gasteiger partial charge on any atom is 0.115 e. The fourth-order valence-electron chi connectivity index (χ4n) is 2.77. The minimum atomic E-state index is 0.338. The van der Waals surface area contributed by atoms with Crippen LogP contribution in [-0.4, -0.2) is 10.2 Å². The van der Waals surface area contributed by atoms with Gasteiger partial charge < -0.3 is 10.2 Å². The molecule has 118 valence electrons. The molecule has 2 N–H and O–H groups in total. The molecule has 0 aromatic heterocycles. The van der Waals surface area contributed by atoms with Crippen LogP contribution in [-0.2, 0) is 6.42 Å². The molecule has 0 aliphatic rings. The summed E-state index contributed by atoms with van der Waals surface area (Å²) in [6, 6.07) is 15.1. The van der Waals surface area contributed by atoms with Crippen LogP contribution in [0.25, 0.3) is 0 Å². The van der Waals surface area contributed by atoms with Gasteiger partial charge in [0.1, 0.15) is 11.5 Å². The van der Waals surface area contributed by atoms with E-state index in [4.69, 9.17) is 0 Å². The Morgan fingerprint density at radius 3 is 1.91 bits per heavy atom. The van der Waals surface area contributed by atoms with E-state index in [9.17, 15) is 10.2 Å². The lowest BCUT2D eigenvalue weighted by Crippen LogP contribution is -1.93. The number of rotatable bonds is 8. The molecule has 0 aliphatic heterocycles. The van der Waals surface area contributed by atoms with Crippen LogP contribution in [0, 0.1) is 0 Å². The largest absolute Gasteiger partial charge is 0.508 e. The molecule has 2 aromatic rings. The number of benzene rings is 2. The number of phenols is 2. The second kappa shape index (κ2) is 8.47. The van der Waals surface area contributed by atoms with Crippen molar-refractivity contribution in [3.05, 3.63) is 59.7 Å². The van der Waals surface area contributed by atoms with Crippen molar-refractivity contribution >= 4 is 0 Å². The van der Waals surface area contributed by atoms with Crippen molar-refractivity contribution in [3.8, 4) is 11.5 Å². The lowest BCUT2D eigenvalue weighted by atomic mass is 9.94. The Morgan fingerprint density at radius 1 is 0.727 bits per heavy atom. The van der Waals surface area contributed by atoms with Gasteiger partial charge in [-0.25, -0.2) is 0 Å². The smallest absolute Gasteiger partial charge is 0.115 e. The second-order valence-electron chi connectivity index (χ2n) is 6.11. The van der Waals surface area contributed by atoms with Gasteiger partial charge in [-0.3, -0.25) is 0 Å². The lowest BCUT2D eigenvalue weighted by Gasteiger charge is -2.11. The number of hydrogen-bond acceptors (Lipinski definition) is 2. The van der Waals surface area contributed by atoms with Crippen molar-refractivity contribution in [1.82, 2.24) is 0 Å². The van der Waals surface area contributed by atoms with Gasteiger partial charge in [0.25, 0.3) is 0 Å². The predicted octanol–water partition coefficient (Wildman–Crippen LogP) is 5.39. The third kappa shape index (κ3) is 5.44. The molecule has 0 aliphatic carbocycles. The van der Waals surface area contributed by atoms with Gasteiger partial charge in [0.15, 0.2) is 0 Å². The molecule has 1 atom stereocenters. The molecule has 1 unspecified atom stereocenters. The number of unbranched alkanes of at least 4 members (excludes halogenated alkanes) is 3. The number of hydrogen-bond donors (Lipinski definition) is 2. The van der Waals surface area contributed by atoms with Crippen LogP contribution < -0.4 is 0 Å². The monoisotopic (exact) mass is 298 g/mol. The van der Waals surface area contributed by atoms with Crippen LogP contribution in [0.4, 0.5) is 0 Å². The number of phenolic OH excluding ortho intramolecular Hbond substituents is 2. The van der Waals surface area contributed by atoms with Gasteiger partial charge in [0, 0.05) is 0 Å². The first-order valence-corrected chi connectivity index (χ1v) is 8.22. The zero-order chi connectivity index (χ0) is 15.8. The van der Waals surface area contributed by atoms with Crippen molar-refractivity contribution in [1.29, 1.82) is 0 Å². The zero-order valence-electron chi connectivity index (χ0n) is 13.3. The van der Waals surface area contributed by atoms with Crippen LogP contribution in [0.2, 0.25) is 0 Å². The van der Waals surface area contributed by atoms with Gasteiger partial charge >= 0.3 is 0 Å². The number of aromatic hydroxyl groups is 2. The van der Waals surface area contributed by atoms with E-state index in [1.807, 2.05) is 24.3 Å². The van der Waals surface area contributed by atoms with Gasteiger partial charge in [0.2, 0.25) is 0 Å². The van der Waals surface area contributed by atoms with Crippen LogP contribution in [0.15, 0.2) is 48.5 Å². The summed E-state index contributed by atoms with van der Waals surface area (Å²) in [5.74, 6) is 1.23. The molecule has 2 nitrogen and oxygen atoms in total. The van der Waals surface area contributed by atoms with E-state index in [0.717, 1.165) is 6.42 Å². The van der Waals surface area contributed by atoms with Crippen molar-refractivity contribution in [2.45, 2.75) is 51.4 Å². The maximum absolute atomic E-state index is 9.31. The normalized spacial score (nSPS) is 12.2. The van der Waals surface area contributed by atoms with Gasteiger partial charge in [-0.15, -0.1) is 0 Å². The van der Waals surface area contributed by atoms with E-state index in [1.165, 1.54) is 43.2 Å². The van der Waals surface area contributed by atoms with Gasteiger partial charge in [-0.1, -0.05) is 50.5 Å². The Kier molecular flexibility index (Phi) is 6.32. The molecule has 0 radical (unpaired) electrons. The summed E-state index contributed by atoms with van der Waals surface area (Å²) in [5.41, 5.74) is 2.61. The predicted molar refractivity (Wildman–Crippen MR) is 91.4 cm³/mol. The summed E-state index contributed by atoms with van der Waals surface area (Å²) >= 11 is 0. The molecule has 0 bridgehead atoms. The van der Waals surface area contributed by atoms with Gasteiger partial charge in [-0.05, 0) is 60.6 Å². The van der Waals surface area contributed by atoms with Crippen LogP contribution in [0.1, 0.15) is 56.1 Å². The van der Waals surface area contributed by atoms with E-state index in [0.29, 0.717) is 17.4 Å². The Bertz CT molecular complexity index is 543. The minimum absolute atomic E-state index is 0.338. The minimum Gasteiger partial charge on any atom is -0.508 e. The molecular weight excluding hydrogens is 272 g/mol. The second-order valence-corrected chi connectivity index (χ2v) is 6.11. The third-order valence-electron chi connectivity index (χ3n) is 4.25. The average molecular weight is 298 g/mol. The zero-order valence-corrected chi connectivity index (χ0v) is 13.3. The highest BCUT2D eigenvalue weighted by Crippen LogP contribution is 2.24. The highest BCUT2D eigenvalue weighted by Gasteiger charge is 2.05. The van der Waals surface area contributed by atoms with E-state index in [-0.39, 0.29) is 0 Å². The summed E-state index contributed by atoms with van der Waals surface area (Å²) in [7, 11) is 0. The molecule has 22 heavy (non-hydrogen) atoms. The summed E-state index contributed by atoms with van der Waals surface area (Å²) in [5, 5.41) is 18.6. The molecule has 0 fully saturated rings. The fourth-order valence-corrected chi connectivity index (χ4v) is 2.77. The van der Waals surface area contributed by atoms with Crippen molar-refractivity contribution in [3.63, 3.8) is 0 Å². The Labute approximate surface area is 133 Å². The SMILES string of the molecule is CC(CCCCCCc1ccc(O)cc1)c1ccc(O)cc1.